The van der Waals surface area contributed by atoms with Gasteiger partial charge in [0.1, 0.15) is 12.4 Å². The van der Waals surface area contributed by atoms with Gasteiger partial charge in [0, 0.05) is 12.1 Å². The Bertz CT molecular complexity index is 474. The lowest BCUT2D eigenvalue weighted by atomic mass is 10.0. The van der Waals surface area contributed by atoms with Gasteiger partial charge >= 0.3 is 5.69 Å². The highest BCUT2D eigenvalue weighted by Gasteiger charge is 2.19. The minimum Gasteiger partial charge on any atom is -0.491 e. The molecular formula is C14H18FNO4. The Labute approximate surface area is 116 Å². The summed E-state index contributed by atoms with van der Waals surface area (Å²) in [6.45, 7) is 0.0771. The Hall–Kier alpha value is -1.69. The van der Waals surface area contributed by atoms with E-state index in [1.165, 1.54) is 18.9 Å². The Morgan fingerprint density at radius 3 is 2.75 bits per heavy atom. The zero-order chi connectivity index (χ0) is 14.5. The molecule has 0 heterocycles. The smallest absolute Gasteiger partial charge is 0.305 e. The Morgan fingerprint density at radius 2 is 2.15 bits per heavy atom. The predicted molar refractivity (Wildman–Crippen MR) is 71.1 cm³/mol. The Balaban J connectivity index is 1.84. The summed E-state index contributed by atoms with van der Waals surface area (Å²) in [5.74, 6) is -0.196. The zero-order valence-corrected chi connectivity index (χ0v) is 11.1. The molecular weight excluding hydrogens is 265 g/mol. The molecule has 0 saturated heterocycles. The third kappa shape index (κ3) is 3.90. The van der Waals surface area contributed by atoms with Crippen molar-refractivity contribution in [3.63, 3.8) is 0 Å². The van der Waals surface area contributed by atoms with Crippen molar-refractivity contribution in [3.05, 3.63) is 34.1 Å². The molecule has 1 aromatic rings. The number of nitro groups is 1. The molecule has 0 aliphatic heterocycles. The summed E-state index contributed by atoms with van der Waals surface area (Å²) in [5.41, 5.74) is -0.580. The van der Waals surface area contributed by atoms with E-state index in [0.717, 1.165) is 25.0 Å². The Kier molecular flexibility index (Phi) is 4.89. The minimum atomic E-state index is -0.933. The van der Waals surface area contributed by atoms with E-state index in [2.05, 4.69) is 0 Å². The molecule has 0 amide bonds. The first kappa shape index (κ1) is 14.7. The highest BCUT2D eigenvalue weighted by atomic mass is 19.1. The van der Waals surface area contributed by atoms with Crippen molar-refractivity contribution in [1.82, 2.24) is 0 Å². The van der Waals surface area contributed by atoms with E-state index in [9.17, 15) is 19.6 Å². The van der Waals surface area contributed by atoms with Gasteiger partial charge < -0.3 is 9.84 Å². The van der Waals surface area contributed by atoms with Crippen LogP contribution in [0.25, 0.3) is 0 Å². The van der Waals surface area contributed by atoms with Gasteiger partial charge in [-0.1, -0.05) is 25.7 Å². The van der Waals surface area contributed by atoms with Crippen molar-refractivity contribution in [2.24, 2.45) is 5.92 Å². The van der Waals surface area contributed by atoms with E-state index in [0.29, 0.717) is 12.3 Å². The topological polar surface area (TPSA) is 72.6 Å². The second kappa shape index (κ2) is 6.65. The second-order valence-electron chi connectivity index (χ2n) is 5.22. The predicted octanol–water partition coefficient (Wildman–Crippen LogP) is 3.05. The minimum absolute atomic E-state index is 0.0771. The van der Waals surface area contributed by atoms with E-state index in [1.807, 2.05) is 0 Å². The maximum Gasteiger partial charge on any atom is 0.305 e. The average Bonchev–Trinajstić information content (AvgIpc) is 2.89. The monoisotopic (exact) mass is 283 g/mol. The van der Waals surface area contributed by atoms with E-state index in [-0.39, 0.29) is 12.4 Å². The molecule has 1 unspecified atom stereocenters. The number of aliphatic hydroxyl groups is 1. The number of nitro benzene ring substituents is 1. The maximum atomic E-state index is 13.4. The average molecular weight is 283 g/mol. The van der Waals surface area contributed by atoms with E-state index in [1.54, 1.807) is 0 Å². The van der Waals surface area contributed by atoms with Gasteiger partial charge in [-0.2, -0.15) is 4.39 Å². The number of benzene rings is 1. The van der Waals surface area contributed by atoms with Gasteiger partial charge in [0.25, 0.3) is 0 Å². The van der Waals surface area contributed by atoms with Crippen molar-refractivity contribution in [1.29, 1.82) is 0 Å². The van der Waals surface area contributed by atoms with Crippen LogP contribution in [0, 0.1) is 21.8 Å². The fraction of sp³-hybridized carbons (Fsp3) is 0.571. The number of rotatable bonds is 6. The molecule has 0 aromatic heterocycles. The van der Waals surface area contributed by atoms with E-state index in [4.69, 9.17) is 4.74 Å². The van der Waals surface area contributed by atoms with Crippen LogP contribution in [-0.4, -0.2) is 22.7 Å². The molecule has 1 aromatic carbocycles. The first-order valence-electron chi connectivity index (χ1n) is 6.81. The normalized spacial score (nSPS) is 17.1. The molecule has 1 saturated carbocycles. The summed E-state index contributed by atoms with van der Waals surface area (Å²) in [6.07, 6.45) is 4.82. The first-order valence-corrected chi connectivity index (χ1v) is 6.81. The summed E-state index contributed by atoms with van der Waals surface area (Å²) in [7, 11) is 0. The van der Waals surface area contributed by atoms with E-state index < -0.39 is 22.5 Å². The number of halogens is 1. The van der Waals surface area contributed by atoms with Crippen LogP contribution >= 0.6 is 0 Å². The summed E-state index contributed by atoms with van der Waals surface area (Å²) in [5, 5.41) is 20.3. The molecule has 0 radical (unpaired) electrons. The van der Waals surface area contributed by atoms with Crippen molar-refractivity contribution in [2.45, 2.75) is 38.2 Å². The molecule has 2 rings (SSSR count). The number of nitrogens with zero attached hydrogens (tertiary/aromatic N) is 1. The molecule has 1 fully saturated rings. The fourth-order valence-corrected chi connectivity index (χ4v) is 2.62. The highest BCUT2D eigenvalue weighted by Crippen LogP contribution is 2.29. The van der Waals surface area contributed by atoms with Crippen LogP contribution < -0.4 is 4.74 Å². The van der Waals surface area contributed by atoms with Gasteiger partial charge in [0.2, 0.25) is 5.82 Å². The number of aliphatic hydroxyl groups excluding tert-OH is 1. The van der Waals surface area contributed by atoms with Gasteiger partial charge in [-0.3, -0.25) is 10.1 Å². The number of ether oxygens (including phenoxy) is 1. The van der Waals surface area contributed by atoms with Crippen LogP contribution in [0.15, 0.2) is 18.2 Å². The van der Waals surface area contributed by atoms with Gasteiger partial charge in [0.05, 0.1) is 11.0 Å². The maximum absolute atomic E-state index is 13.4. The first-order chi connectivity index (χ1) is 9.56. The lowest BCUT2D eigenvalue weighted by molar-refractivity contribution is -0.387. The standard InChI is InChI=1S/C14H18FNO4/c15-13-8-12(5-6-14(13)16(18)19)20-9-11(17)7-10-3-1-2-4-10/h5-6,8,10-11,17H,1-4,7,9H2. The molecule has 110 valence electrons. The molecule has 20 heavy (non-hydrogen) atoms. The summed E-state index contributed by atoms with van der Waals surface area (Å²) >= 11 is 0. The zero-order valence-electron chi connectivity index (χ0n) is 11.1. The Morgan fingerprint density at radius 1 is 1.45 bits per heavy atom. The molecule has 0 spiro atoms. The molecule has 1 N–H and O–H groups in total. The molecule has 1 aliphatic carbocycles. The lowest BCUT2D eigenvalue weighted by Gasteiger charge is -2.16. The summed E-state index contributed by atoms with van der Waals surface area (Å²) < 4.78 is 18.6. The van der Waals surface area contributed by atoms with Crippen molar-refractivity contribution >= 4 is 5.69 Å². The quantitative estimate of drug-likeness (QED) is 0.643. The number of hydrogen-bond acceptors (Lipinski definition) is 4. The molecule has 5 nitrogen and oxygen atoms in total. The van der Waals surface area contributed by atoms with Crippen LogP contribution in [0.3, 0.4) is 0 Å². The number of hydrogen-bond donors (Lipinski definition) is 1. The van der Waals surface area contributed by atoms with E-state index >= 15 is 0 Å². The molecule has 6 heteroatoms. The van der Waals surface area contributed by atoms with Crippen molar-refractivity contribution in [2.75, 3.05) is 6.61 Å². The SMILES string of the molecule is O=[N+]([O-])c1ccc(OCC(O)CC2CCCC2)cc1F. The van der Waals surface area contributed by atoms with Crippen molar-refractivity contribution < 1.29 is 19.2 Å². The largest absolute Gasteiger partial charge is 0.491 e. The van der Waals surface area contributed by atoms with Gasteiger partial charge in [-0.15, -0.1) is 0 Å². The summed E-state index contributed by atoms with van der Waals surface area (Å²) in [6, 6.07) is 3.37. The third-order valence-electron chi connectivity index (χ3n) is 3.64. The molecule has 1 aliphatic rings. The van der Waals surface area contributed by atoms with Crippen molar-refractivity contribution in [3.8, 4) is 5.75 Å². The van der Waals surface area contributed by atoms with Crippen LogP contribution in [-0.2, 0) is 0 Å². The van der Waals surface area contributed by atoms with Crippen LogP contribution in [0.1, 0.15) is 32.1 Å². The fourth-order valence-electron chi connectivity index (χ4n) is 2.62. The highest BCUT2D eigenvalue weighted by molar-refractivity contribution is 5.37. The third-order valence-corrected chi connectivity index (χ3v) is 3.64. The molecule has 1 atom stereocenters. The van der Waals surface area contributed by atoms with Gasteiger partial charge in [-0.25, -0.2) is 0 Å². The van der Waals surface area contributed by atoms with Gasteiger partial charge in [-0.05, 0) is 18.4 Å². The van der Waals surface area contributed by atoms with Crippen LogP contribution in [0.4, 0.5) is 10.1 Å². The molecule has 0 bridgehead atoms. The second-order valence-corrected chi connectivity index (χ2v) is 5.22. The van der Waals surface area contributed by atoms with Crippen LogP contribution in [0.5, 0.6) is 5.75 Å². The van der Waals surface area contributed by atoms with Crippen LogP contribution in [0.2, 0.25) is 0 Å². The lowest BCUT2D eigenvalue weighted by Crippen LogP contribution is -2.20. The van der Waals surface area contributed by atoms with Gasteiger partial charge in [0.15, 0.2) is 0 Å². The summed E-state index contributed by atoms with van der Waals surface area (Å²) in [4.78, 5) is 9.69.